The highest BCUT2D eigenvalue weighted by Gasteiger charge is 2.19. The second kappa shape index (κ2) is 7.27. The van der Waals surface area contributed by atoms with Gasteiger partial charge < -0.3 is 10.5 Å². The molecule has 26 heavy (non-hydrogen) atoms. The van der Waals surface area contributed by atoms with E-state index in [0.717, 1.165) is 11.3 Å². The first-order valence-corrected chi connectivity index (χ1v) is 10.3. The molecule has 3 rings (SSSR count). The summed E-state index contributed by atoms with van der Waals surface area (Å²) in [5.74, 6) is 0.506. The van der Waals surface area contributed by atoms with Crippen LogP contribution in [-0.4, -0.2) is 31.5 Å². The zero-order valence-corrected chi connectivity index (χ0v) is 15.7. The normalized spacial score (nSPS) is 11.1. The van der Waals surface area contributed by atoms with E-state index in [-0.39, 0.29) is 10.0 Å². The molecule has 0 unspecified atom stereocenters. The summed E-state index contributed by atoms with van der Waals surface area (Å²) < 4.78 is 31.3. The van der Waals surface area contributed by atoms with Crippen LogP contribution in [0.25, 0.3) is 11.4 Å². The molecule has 1 aromatic carbocycles. The first-order chi connectivity index (χ1) is 12.4. The fourth-order valence-electron chi connectivity index (χ4n) is 1.91. The van der Waals surface area contributed by atoms with Crippen molar-refractivity contribution in [2.45, 2.75) is 4.90 Å². The third-order valence-corrected chi connectivity index (χ3v) is 5.88. The Labute approximate surface area is 156 Å². The molecular formula is C14H13N5O4S3. The Morgan fingerprint density at radius 2 is 1.77 bits per heavy atom. The number of nitrogens with zero attached hydrogens (tertiary/aromatic N) is 2. The average Bonchev–Trinajstić information content (AvgIpc) is 3.23. The van der Waals surface area contributed by atoms with Crippen molar-refractivity contribution in [3.8, 4) is 17.1 Å². The maximum Gasteiger partial charge on any atom is 0.334 e. The number of carbonyl (C=O) groups is 1. The molecule has 0 atom stereocenters. The van der Waals surface area contributed by atoms with Gasteiger partial charge in [-0.25, -0.2) is 27.9 Å². The molecule has 9 nitrogen and oxygen atoms in total. The van der Waals surface area contributed by atoms with Gasteiger partial charge in [-0.3, -0.25) is 5.32 Å². The second-order valence-corrected chi connectivity index (χ2v) is 8.27. The van der Waals surface area contributed by atoms with Crippen LogP contribution in [0.15, 0.2) is 39.9 Å². The summed E-state index contributed by atoms with van der Waals surface area (Å²) in [5.41, 5.74) is 6.70. The minimum atomic E-state index is -4.01. The number of hydrogen-bond donors (Lipinski definition) is 3. The van der Waals surface area contributed by atoms with Crippen molar-refractivity contribution in [3.63, 3.8) is 0 Å². The lowest BCUT2D eigenvalue weighted by Gasteiger charge is -2.07. The minimum absolute atomic E-state index is 0.0637. The number of rotatable bonds is 5. The molecule has 0 saturated heterocycles. The number of amides is 2. The van der Waals surface area contributed by atoms with E-state index in [9.17, 15) is 13.2 Å². The average molecular weight is 411 g/mol. The lowest BCUT2D eigenvalue weighted by atomic mass is 10.3. The van der Waals surface area contributed by atoms with Crippen LogP contribution in [0, 0.1) is 0 Å². The molecule has 2 heterocycles. The van der Waals surface area contributed by atoms with Gasteiger partial charge in [-0.2, -0.15) is 0 Å². The number of aromatic nitrogens is 2. The molecular weight excluding hydrogens is 398 g/mol. The molecule has 2 amide bonds. The molecule has 0 aliphatic heterocycles. The molecule has 0 spiro atoms. The number of carbonyl (C=O) groups excluding carboxylic acids is 1. The summed E-state index contributed by atoms with van der Waals surface area (Å²) in [6, 6.07) is 4.73. The largest absolute Gasteiger partial charge is 0.497 e. The van der Waals surface area contributed by atoms with Crippen LogP contribution >= 0.6 is 22.7 Å². The summed E-state index contributed by atoms with van der Waals surface area (Å²) in [6.07, 6.45) is 0. The zero-order valence-electron chi connectivity index (χ0n) is 13.3. The standard InChI is InChI=1S/C14H13N5O4S3/c1-23-8-2-4-9(5-3-8)26(21,22)19-13(20)18-14-17-11(7-25-14)10-6-24-12(15)16-10/h2-7H,1H3,(H2,15,16)(H2,17,18,19,20). The highest BCUT2D eigenvalue weighted by atomic mass is 32.2. The second-order valence-electron chi connectivity index (χ2n) is 4.84. The monoisotopic (exact) mass is 411 g/mol. The van der Waals surface area contributed by atoms with Crippen LogP contribution in [0.1, 0.15) is 0 Å². The SMILES string of the molecule is COc1ccc(S(=O)(=O)NC(=O)Nc2nc(-c3csc(N)n3)cs2)cc1. The summed E-state index contributed by atoms with van der Waals surface area (Å²) in [5, 5.41) is 6.45. The van der Waals surface area contributed by atoms with Gasteiger partial charge in [-0.15, -0.1) is 22.7 Å². The van der Waals surface area contributed by atoms with E-state index in [1.165, 1.54) is 42.7 Å². The van der Waals surface area contributed by atoms with Gasteiger partial charge >= 0.3 is 6.03 Å². The van der Waals surface area contributed by atoms with Crippen LogP contribution in [0.4, 0.5) is 15.1 Å². The van der Waals surface area contributed by atoms with Crippen molar-refractivity contribution in [1.29, 1.82) is 0 Å². The third kappa shape index (κ3) is 4.09. The Morgan fingerprint density at radius 3 is 2.38 bits per heavy atom. The lowest BCUT2D eigenvalue weighted by Crippen LogP contribution is -2.34. The molecule has 0 aliphatic rings. The number of benzene rings is 1. The smallest absolute Gasteiger partial charge is 0.334 e. The molecule has 136 valence electrons. The van der Waals surface area contributed by atoms with Crippen molar-refractivity contribution in [3.05, 3.63) is 35.0 Å². The number of nitrogens with one attached hydrogen (secondary N) is 2. The summed E-state index contributed by atoms with van der Waals surface area (Å²) in [4.78, 5) is 20.2. The molecule has 0 fully saturated rings. The molecule has 2 aromatic heterocycles. The van der Waals surface area contributed by atoms with Gasteiger partial charge in [0, 0.05) is 10.8 Å². The van der Waals surface area contributed by atoms with Gasteiger partial charge in [0.1, 0.15) is 17.1 Å². The fourth-order valence-corrected chi connectivity index (χ4v) is 4.08. The van der Waals surface area contributed by atoms with Crippen molar-refractivity contribution in [2.75, 3.05) is 18.2 Å². The number of hydrogen-bond acceptors (Lipinski definition) is 9. The number of nitrogens with two attached hydrogens (primary N) is 1. The number of ether oxygens (including phenoxy) is 1. The van der Waals surface area contributed by atoms with Gasteiger partial charge in [0.2, 0.25) is 0 Å². The highest BCUT2D eigenvalue weighted by molar-refractivity contribution is 7.90. The Bertz CT molecular complexity index is 1030. The van der Waals surface area contributed by atoms with Crippen molar-refractivity contribution >= 4 is 49.0 Å². The third-order valence-electron chi connectivity index (χ3n) is 3.11. The Balaban J connectivity index is 1.67. The topological polar surface area (TPSA) is 136 Å². The quantitative estimate of drug-likeness (QED) is 0.586. The molecule has 0 radical (unpaired) electrons. The van der Waals surface area contributed by atoms with E-state index < -0.39 is 16.1 Å². The van der Waals surface area contributed by atoms with E-state index in [1.54, 1.807) is 10.8 Å². The first kappa shape index (κ1) is 18.1. The number of sulfonamides is 1. The Hall–Kier alpha value is -2.70. The number of methoxy groups -OCH3 is 1. The van der Waals surface area contributed by atoms with Gasteiger partial charge in [0.15, 0.2) is 10.3 Å². The summed E-state index contributed by atoms with van der Waals surface area (Å²) in [6.45, 7) is 0. The molecule has 0 aliphatic carbocycles. The molecule has 4 N–H and O–H groups in total. The van der Waals surface area contributed by atoms with Gasteiger partial charge in [-0.1, -0.05) is 0 Å². The van der Waals surface area contributed by atoms with E-state index in [0.29, 0.717) is 22.3 Å². The van der Waals surface area contributed by atoms with Gasteiger partial charge in [0.25, 0.3) is 10.0 Å². The number of nitrogen functional groups attached to an aromatic ring is 1. The van der Waals surface area contributed by atoms with Crippen molar-refractivity contribution in [1.82, 2.24) is 14.7 Å². The predicted molar refractivity (Wildman–Crippen MR) is 100.0 cm³/mol. The molecule has 3 aromatic rings. The van der Waals surface area contributed by atoms with E-state index in [1.807, 2.05) is 4.72 Å². The molecule has 0 saturated carbocycles. The Morgan fingerprint density at radius 1 is 1.12 bits per heavy atom. The van der Waals surface area contributed by atoms with Gasteiger partial charge in [0.05, 0.1) is 12.0 Å². The number of thiazole rings is 2. The molecule has 0 bridgehead atoms. The number of anilines is 2. The predicted octanol–water partition coefficient (Wildman–Crippen LogP) is 2.37. The Kier molecular flexibility index (Phi) is 5.06. The van der Waals surface area contributed by atoms with Crippen LogP contribution in [0.5, 0.6) is 5.75 Å². The van der Waals surface area contributed by atoms with E-state index in [2.05, 4.69) is 15.3 Å². The van der Waals surface area contributed by atoms with Crippen LogP contribution < -0.4 is 20.5 Å². The summed E-state index contributed by atoms with van der Waals surface area (Å²) in [7, 11) is -2.54. The number of urea groups is 1. The van der Waals surface area contributed by atoms with Gasteiger partial charge in [-0.05, 0) is 24.3 Å². The van der Waals surface area contributed by atoms with Crippen LogP contribution in [0.2, 0.25) is 0 Å². The maximum atomic E-state index is 12.2. The highest BCUT2D eigenvalue weighted by Crippen LogP contribution is 2.26. The lowest BCUT2D eigenvalue weighted by molar-refractivity contribution is 0.256. The zero-order chi connectivity index (χ0) is 18.7. The minimum Gasteiger partial charge on any atom is -0.497 e. The van der Waals surface area contributed by atoms with Crippen LogP contribution in [0.3, 0.4) is 0 Å². The fraction of sp³-hybridized carbons (Fsp3) is 0.0714. The first-order valence-electron chi connectivity index (χ1n) is 7.02. The van der Waals surface area contributed by atoms with Crippen molar-refractivity contribution in [2.24, 2.45) is 0 Å². The van der Waals surface area contributed by atoms with E-state index in [4.69, 9.17) is 10.5 Å². The molecule has 12 heteroatoms. The maximum absolute atomic E-state index is 12.2. The van der Waals surface area contributed by atoms with E-state index >= 15 is 0 Å². The summed E-state index contributed by atoms with van der Waals surface area (Å²) >= 11 is 2.41. The van der Waals surface area contributed by atoms with Crippen molar-refractivity contribution < 1.29 is 17.9 Å². The van der Waals surface area contributed by atoms with Crippen LogP contribution in [-0.2, 0) is 10.0 Å².